The van der Waals surface area contributed by atoms with Gasteiger partial charge in [0.1, 0.15) is 5.75 Å². The second kappa shape index (κ2) is 12.0. The lowest BCUT2D eigenvalue weighted by atomic mass is 10.2. The van der Waals surface area contributed by atoms with Crippen LogP contribution in [0.3, 0.4) is 0 Å². The Balaban J connectivity index is 0.00000341. The molecule has 170 valence electrons. The molecule has 2 aromatic rings. The molecule has 0 aliphatic heterocycles. The first-order valence-corrected chi connectivity index (χ1v) is 9.72. The highest BCUT2D eigenvalue weighted by Crippen LogP contribution is 2.29. The molecule has 2 N–H and O–H groups in total. The zero-order chi connectivity index (χ0) is 21.4. The highest BCUT2D eigenvalue weighted by atomic mass is 127. The van der Waals surface area contributed by atoms with Crippen LogP contribution in [0.2, 0.25) is 0 Å². The summed E-state index contributed by atoms with van der Waals surface area (Å²) in [5.74, 6) is 2.07. The monoisotopic (exact) mass is 550 g/mol. The third-order valence-electron chi connectivity index (χ3n) is 4.43. The smallest absolute Gasteiger partial charge is 0.422 e. The van der Waals surface area contributed by atoms with E-state index in [1.807, 2.05) is 12.1 Å². The Bertz CT molecular complexity index is 843. The van der Waals surface area contributed by atoms with E-state index >= 15 is 0 Å². The van der Waals surface area contributed by atoms with E-state index in [1.165, 1.54) is 25.0 Å². The van der Waals surface area contributed by atoms with Crippen molar-refractivity contribution in [3.8, 4) is 11.6 Å². The van der Waals surface area contributed by atoms with Crippen LogP contribution in [-0.4, -0.2) is 37.4 Å². The minimum Gasteiger partial charge on any atom is -0.484 e. The lowest BCUT2D eigenvalue weighted by Gasteiger charge is -2.13. The van der Waals surface area contributed by atoms with Gasteiger partial charge < -0.3 is 20.1 Å². The van der Waals surface area contributed by atoms with E-state index < -0.39 is 12.8 Å². The first-order valence-electron chi connectivity index (χ1n) is 9.72. The van der Waals surface area contributed by atoms with Crippen molar-refractivity contribution in [2.75, 3.05) is 20.3 Å². The van der Waals surface area contributed by atoms with Crippen LogP contribution in [0.1, 0.15) is 24.0 Å². The van der Waals surface area contributed by atoms with Crippen LogP contribution < -0.4 is 20.1 Å². The fourth-order valence-corrected chi connectivity index (χ4v) is 2.59. The largest absolute Gasteiger partial charge is 0.484 e. The van der Waals surface area contributed by atoms with E-state index in [9.17, 15) is 13.2 Å². The second-order valence-electron chi connectivity index (χ2n) is 7.08. The number of halogens is 4. The van der Waals surface area contributed by atoms with Crippen molar-refractivity contribution in [2.24, 2.45) is 10.9 Å². The molecule has 6 nitrogen and oxygen atoms in total. The van der Waals surface area contributed by atoms with Gasteiger partial charge in [0.05, 0.1) is 6.61 Å². The third kappa shape index (κ3) is 9.62. The van der Waals surface area contributed by atoms with Crippen LogP contribution in [0.5, 0.6) is 11.6 Å². The number of benzene rings is 1. The Morgan fingerprint density at radius 2 is 1.74 bits per heavy atom. The lowest BCUT2D eigenvalue weighted by molar-refractivity contribution is -0.153. The summed E-state index contributed by atoms with van der Waals surface area (Å²) in [6.07, 6.45) is -0.172. The summed E-state index contributed by atoms with van der Waals surface area (Å²) in [4.78, 5) is 8.41. The number of pyridine rings is 1. The fraction of sp³-hybridized carbons (Fsp3) is 0.429. The molecule has 0 spiro atoms. The number of alkyl halides is 3. The van der Waals surface area contributed by atoms with E-state index in [0.717, 1.165) is 11.1 Å². The molecule has 3 rings (SSSR count). The molecule has 1 fully saturated rings. The van der Waals surface area contributed by atoms with E-state index in [2.05, 4.69) is 20.6 Å². The van der Waals surface area contributed by atoms with Crippen LogP contribution in [0.25, 0.3) is 0 Å². The maximum Gasteiger partial charge on any atom is 0.422 e. The molecule has 31 heavy (non-hydrogen) atoms. The lowest BCUT2D eigenvalue weighted by Crippen LogP contribution is -2.36. The molecule has 1 aromatic carbocycles. The summed E-state index contributed by atoms with van der Waals surface area (Å²) < 4.78 is 47.0. The van der Waals surface area contributed by atoms with Crippen LogP contribution in [0.15, 0.2) is 47.6 Å². The van der Waals surface area contributed by atoms with Crippen molar-refractivity contribution in [3.63, 3.8) is 0 Å². The van der Waals surface area contributed by atoms with Gasteiger partial charge in [-0.1, -0.05) is 12.1 Å². The minimum atomic E-state index is -4.35. The minimum absolute atomic E-state index is 0. The summed E-state index contributed by atoms with van der Waals surface area (Å²) in [6.45, 7) is 0.425. The van der Waals surface area contributed by atoms with Crippen molar-refractivity contribution in [2.45, 2.75) is 32.1 Å². The van der Waals surface area contributed by atoms with Gasteiger partial charge in [0.15, 0.2) is 12.6 Å². The van der Waals surface area contributed by atoms with Crippen molar-refractivity contribution >= 4 is 29.9 Å². The maximum absolute atomic E-state index is 12.2. The molecule has 10 heteroatoms. The number of nitrogens with one attached hydrogen (secondary N) is 2. The van der Waals surface area contributed by atoms with Gasteiger partial charge in [-0.2, -0.15) is 13.2 Å². The molecule has 0 radical (unpaired) electrons. The number of guanidine groups is 1. The Kier molecular flexibility index (Phi) is 9.66. The summed E-state index contributed by atoms with van der Waals surface area (Å²) >= 11 is 0. The van der Waals surface area contributed by atoms with Crippen LogP contribution in [0.4, 0.5) is 13.2 Å². The van der Waals surface area contributed by atoms with Crippen LogP contribution in [0, 0.1) is 5.92 Å². The molecule has 0 amide bonds. The van der Waals surface area contributed by atoms with Gasteiger partial charge in [-0.25, -0.2) is 4.98 Å². The molecule has 1 heterocycles. The van der Waals surface area contributed by atoms with E-state index in [-0.39, 0.29) is 29.7 Å². The summed E-state index contributed by atoms with van der Waals surface area (Å²) in [6, 6.07) is 10.3. The van der Waals surface area contributed by atoms with Crippen molar-refractivity contribution in [3.05, 3.63) is 53.7 Å². The first kappa shape index (κ1) is 25.0. The van der Waals surface area contributed by atoms with Crippen molar-refractivity contribution in [1.82, 2.24) is 15.6 Å². The average Bonchev–Trinajstić information content (AvgIpc) is 3.56. The van der Waals surface area contributed by atoms with Crippen LogP contribution >= 0.6 is 24.0 Å². The summed E-state index contributed by atoms with van der Waals surface area (Å²) in [5.41, 5.74) is 1.90. The molecule has 1 aliphatic carbocycles. The normalized spacial score (nSPS) is 13.9. The highest BCUT2D eigenvalue weighted by molar-refractivity contribution is 14.0. The number of rotatable bonds is 9. The van der Waals surface area contributed by atoms with E-state index in [1.54, 1.807) is 25.4 Å². The Hall–Kier alpha value is -2.24. The Morgan fingerprint density at radius 3 is 2.35 bits per heavy atom. The molecule has 0 atom stereocenters. The standard InChI is InChI=1S/C21H25F3N4O2.HI/c1-25-20(27-11-15-4-6-18(7-5-15)30-14-21(22,23)24)28-12-17-8-9-26-19(10-17)29-13-16-2-3-16;/h4-10,16H,2-3,11-14H2,1H3,(H2,25,27,28);1H. The maximum atomic E-state index is 12.2. The van der Waals surface area contributed by atoms with Gasteiger partial charge in [-0.15, -0.1) is 24.0 Å². The quantitative estimate of drug-likeness (QED) is 0.277. The molecular formula is C21H26F3IN4O2. The van der Waals surface area contributed by atoms with Gasteiger partial charge in [0.2, 0.25) is 5.88 Å². The SMILES string of the molecule is CN=C(NCc1ccc(OCC(F)(F)F)cc1)NCc1ccnc(OCC2CC2)c1.I. The molecule has 1 aromatic heterocycles. The number of aromatic nitrogens is 1. The highest BCUT2D eigenvalue weighted by Gasteiger charge is 2.28. The first-order chi connectivity index (χ1) is 14.4. The van der Waals surface area contributed by atoms with E-state index in [4.69, 9.17) is 9.47 Å². The average molecular weight is 550 g/mol. The Morgan fingerprint density at radius 1 is 1.06 bits per heavy atom. The van der Waals surface area contributed by atoms with Gasteiger partial charge in [-0.05, 0) is 48.1 Å². The molecule has 1 aliphatic rings. The second-order valence-corrected chi connectivity index (χ2v) is 7.08. The van der Waals surface area contributed by atoms with Crippen molar-refractivity contribution in [1.29, 1.82) is 0 Å². The zero-order valence-corrected chi connectivity index (χ0v) is 19.4. The summed E-state index contributed by atoms with van der Waals surface area (Å²) in [7, 11) is 1.67. The number of hydrogen-bond acceptors (Lipinski definition) is 4. The summed E-state index contributed by atoms with van der Waals surface area (Å²) in [5, 5.41) is 6.38. The number of aliphatic imine (C=N–C) groups is 1. The fourth-order valence-electron chi connectivity index (χ4n) is 2.59. The number of hydrogen-bond donors (Lipinski definition) is 2. The Labute approximate surface area is 196 Å². The van der Waals surface area contributed by atoms with Gasteiger partial charge >= 0.3 is 6.18 Å². The number of ether oxygens (including phenoxy) is 2. The van der Waals surface area contributed by atoms with Gasteiger partial charge in [-0.3, -0.25) is 4.99 Å². The molecule has 1 saturated carbocycles. The number of nitrogens with zero attached hydrogens (tertiary/aromatic N) is 2. The van der Waals surface area contributed by atoms with Gasteiger partial charge in [0.25, 0.3) is 0 Å². The molecule has 0 bridgehead atoms. The molecule has 0 unspecified atom stereocenters. The molecule has 0 saturated heterocycles. The molecular weight excluding hydrogens is 524 g/mol. The van der Waals surface area contributed by atoms with Crippen molar-refractivity contribution < 1.29 is 22.6 Å². The zero-order valence-electron chi connectivity index (χ0n) is 17.1. The van der Waals surface area contributed by atoms with Crippen LogP contribution in [-0.2, 0) is 13.1 Å². The topological polar surface area (TPSA) is 67.8 Å². The predicted octanol–water partition coefficient (Wildman–Crippen LogP) is 4.29. The van der Waals surface area contributed by atoms with E-state index in [0.29, 0.717) is 37.5 Å². The predicted molar refractivity (Wildman–Crippen MR) is 123 cm³/mol. The van der Waals surface area contributed by atoms with Gasteiger partial charge in [0, 0.05) is 32.4 Å². The third-order valence-corrected chi connectivity index (χ3v) is 4.43.